The van der Waals surface area contributed by atoms with Crippen molar-refractivity contribution in [2.75, 3.05) is 0 Å². The molecule has 5 N–H and O–H groups in total. The van der Waals surface area contributed by atoms with Gasteiger partial charge in [-0.25, -0.2) is 0 Å². The molecule has 4 aliphatic carbocycles. The van der Waals surface area contributed by atoms with Crippen molar-refractivity contribution in [1.82, 2.24) is 0 Å². The smallest absolute Gasteiger partial charge is 0.235 e. The molecule has 0 spiro atoms. The van der Waals surface area contributed by atoms with Gasteiger partial charge in [0.05, 0.1) is 17.6 Å². The van der Waals surface area contributed by atoms with E-state index in [0.29, 0.717) is 11.1 Å². The van der Waals surface area contributed by atoms with E-state index in [-0.39, 0.29) is 23.7 Å². The molecule has 10 nitrogen and oxygen atoms in total. The summed E-state index contributed by atoms with van der Waals surface area (Å²) in [6.07, 6.45) is 1.26. The fraction of sp³-hybridized carbons (Fsp3) is 0.556. The fourth-order valence-electron chi connectivity index (χ4n) is 7.26. The molecule has 1 amide bonds. The van der Waals surface area contributed by atoms with Gasteiger partial charge >= 0.3 is 0 Å². The number of Topliss-reactive ketones (excluding diaryl/α,β-unsaturated/α-hetero) is 5. The van der Waals surface area contributed by atoms with Gasteiger partial charge in [0.15, 0.2) is 34.7 Å². The molecule has 196 valence electrons. The lowest BCUT2D eigenvalue weighted by Crippen LogP contribution is -2.72. The van der Waals surface area contributed by atoms with E-state index in [4.69, 9.17) is 5.73 Å². The van der Waals surface area contributed by atoms with Crippen molar-refractivity contribution in [3.8, 4) is 5.75 Å². The zero-order chi connectivity index (χ0) is 27.0. The molecule has 0 bridgehead atoms. The van der Waals surface area contributed by atoms with Crippen molar-refractivity contribution in [3.05, 3.63) is 28.8 Å². The van der Waals surface area contributed by atoms with Gasteiger partial charge in [0.25, 0.3) is 0 Å². The molecule has 7 atom stereocenters. The molecule has 0 aliphatic heterocycles. The number of carbonyl (C=O) groups excluding carboxylic acids is 6. The molecule has 3 fully saturated rings. The van der Waals surface area contributed by atoms with Gasteiger partial charge in [-0.1, -0.05) is 25.8 Å². The summed E-state index contributed by atoms with van der Waals surface area (Å²) in [5.74, 6) is -13.4. The first-order valence-corrected chi connectivity index (χ1v) is 12.6. The maximum Gasteiger partial charge on any atom is 0.235 e. The molecule has 4 aliphatic rings. The summed E-state index contributed by atoms with van der Waals surface area (Å²) in [5, 5.41) is 33.3. The lowest BCUT2D eigenvalue weighted by Gasteiger charge is -2.53. The van der Waals surface area contributed by atoms with Crippen LogP contribution in [-0.4, -0.2) is 61.8 Å². The van der Waals surface area contributed by atoms with Gasteiger partial charge in [0.2, 0.25) is 5.91 Å². The third-order valence-electron chi connectivity index (χ3n) is 9.10. The Morgan fingerprint density at radius 1 is 1.08 bits per heavy atom. The number of fused-ring (bicyclic) bond motifs is 3. The minimum atomic E-state index is -2.95. The standard InChI is InChI=1S/C27H29NO9/c1-10-17-12(8-15(30)11-4-2-3-5-11)6-7-14(29)19(17)23(33)21-18(10)22(32)13-9-16(31)20(26(28)36)24(34)27(13,37)25(21)35/h6-7,10-11,13,18,20-22,29,32,37H,2-5,8-9H2,1H3,(H2,28,36)/t10?,13-,18-,20?,21?,22?,27-/m1/s1. The van der Waals surface area contributed by atoms with Crippen molar-refractivity contribution in [2.24, 2.45) is 35.3 Å². The van der Waals surface area contributed by atoms with Crippen LogP contribution >= 0.6 is 0 Å². The summed E-state index contributed by atoms with van der Waals surface area (Å²) in [6.45, 7) is 1.64. The predicted molar refractivity (Wildman–Crippen MR) is 125 cm³/mol. The largest absolute Gasteiger partial charge is 0.507 e. The summed E-state index contributed by atoms with van der Waals surface area (Å²) in [6, 6.07) is 2.83. The van der Waals surface area contributed by atoms with Crippen molar-refractivity contribution in [3.63, 3.8) is 0 Å². The number of aromatic hydroxyl groups is 1. The average molecular weight is 512 g/mol. The molecular weight excluding hydrogens is 482 g/mol. The molecule has 0 heterocycles. The minimum Gasteiger partial charge on any atom is -0.507 e. The monoisotopic (exact) mass is 511 g/mol. The summed E-state index contributed by atoms with van der Waals surface area (Å²) in [4.78, 5) is 77.7. The Bertz CT molecular complexity index is 1260. The third-order valence-corrected chi connectivity index (χ3v) is 9.10. The molecule has 0 aromatic heterocycles. The lowest BCUT2D eigenvalue weighted by atomic mass is 9.50. The highest BCUT2D eigenvalue weighted by atomic mass is 16.3. The number of rotatable bonds is 4. The van der Waals surface area contributed by atoms with Gasteiger partial charge in [0.1, 0.15) is 11.5 Å². The summed E-state index contributed by atoms with van der Waals surface area (Å²) in [7, 11) is 0. The van der Waals surface area contributed by atoms with Crippen LogP contribution in [0.4, 0.5) is 0 Å². The normalized spacial score (nSPS) is 35.6. The number of amides is 1. The van der Waals surface area contributed by atoms with Crippen LogP contribution in [0.2, 0.25) is 0 Å². The zero-order valence-electron chi connectivity index (χ0n) is 20.3. The van der Waals surface area contributed by atoms with Crippen LogP contribution in [0, 0.1) is 29.6 Å². The van der Waals surface area contributed by atoms with Crippen molar-refractivity contribution < 1.29 is 44.1 Å². The van der Waals surface area contributed by atoms with Gasteiger partial charge in [-0.15, -0.1) is 0 Å². The Morgan fingerprint density at radius 3 is 2.35 bits per heavy atom. The predicted octanol–water partition coefficient (Wildman–Crippen LogP) is 0.161. The van der Waals surface area contributed by atoms with Crippen LogP contribution in [0.5, 0.6) is 5.75 Å². The number of aliphatic hydroxyl groups is 2. The van der Waals surface area contributed by atoms with Crippen LogP contribution in [0.1, 0.15) is 66.4 Å². The second-order valence-corrected chi connectivity index (χ2v) is 11.0. The number of phenolic OH excluding ortho intramolecular Hbond substituents is 1. The van der Waals surface area contributed by atoms with Crippen LogP contribution in [-0.2, 0) is 30.4 Å². The van der Waals surface area contributed by atoms with Crippen molar-refractivity contribution >= 4 is 34.8 Å². The Kier molecular flexibility index (Phi) is 5.95. The second kappa shape index (κ2) is 8.66. The van der Waals surface area contributed by atoms with E-state index in [2.05, 4.69) is 0 Å². The average Bonchev–Trinajstić information content (AvgIpc) is 3.38. The van der Waals surface area contributed by atoms with Crippen LogP contribution in [0.3, 0.4) is 0 Å². The first kappa shape index (κ1) is 25.4. The van der Waals surface area contributed by atoms with Gasteiger partial charge < -0.3 is 21.1 Å². The van der Waals surface area contributed by atoms with E-state index in [1.165, 1.54) is 6.07 Å². The number of hydrogen-bond acceptors (Lipinski definition) is 9. The Hall–Kier alpha value is -3.24. The summed E-state index contributed by atoms with van der Waals surface area (Å²) >= 11 is 0. The number of benzene rings is 1. The number of hydrogen-bond donors (Lipinski definition) is 4. The number of phenols is 1. The van der Waals surface area contributed by atoms with E-state index < -0.39 is 82.5 Å². The molecule has 0 saturated heterocycles. The molecule has 37 heavy (non-hydrogen) atoms. The van der Waals surface area contributed by atoms with Crippen LogP contribution in [0.25, 0.3) is 0 Å². The van der Waals surface area contributed by atoms with Crippen LogP contribution < -0.4 is 5.73 Å². The van der Waals surface area contributed by atoms with Crippen molar-refractivity contribution in [1.29, 1.82) is 0 Å². The number of aliphatic hydroxyl groups excluding tert-OH is 1. The Labute approximate surface area is 212 Å². The molecular formula is C27H29NO9. The number of carbonyl (C=O) groups is 6. The van der Waals surface area contributed by atoms with E-state index in [1.54, 1.807) is 13.0 Å². The number of primary amides is 1. The van der Waals surface area contributed by atoms with Gasteiger partial charge in [-0.3, -0.25) is 28.8 Å². The molecule has 5 rings (SSSR count). The fourth-order valence-corrected chi connectivity index (χ4v) is 7.26. The molecule has 1 aromatic rings. The van der Waals surface area contributed by atoms with Gasteiger partial charge in [-0.05, 0) is 36.0 Å². The van der Waals surface area contributed by atoms with E-state index >= 15 is 0 Å². The summed E-state index contributed by atoms with van der Waals surface area (Å²) in [5.41, 5.74) is 2.90. The maximum absolute atomic E-state index is 13.7. The number of nitrogens with two attached hydrogens (primary N) is 1. The highest BCUT2D eigenvalue weighted by Gasteiger charge is 2.70. The maximum atomic E-state index is 13.7. The first-order chi connectivity index (χ1) is 17.4. The lowest BCUT2D eigenvalue weighted by molar-refractivity contribution is -0.189. The molecule has 10 heteroatoms. The van der Waals surface area contributed by atoms with E-state index in [1.807, 2.05) is 0 Å². The molecule has 1 aromatic carbocycles. The summed E-state index contributed by atoms with van der Waals surface area (Å²) < 4.78 is 0. The SMILES string of the molecule is CC1c2c(CC(=O)C3CCCC3)ccc(O)c2C(=O)C2C(=O)[C@]3(O)C(=O)C(C(N)=O)C(=O)C[C@@H]3C(O)[C@@H]21. The quantitative estimate of drug-likeness (QED) is 0.408. The number of ketones is 5. The highest BCUT2D eigenvalue weighted by Crippen LogP contribution is 2.54. The zero-order valence-corrected chi connectivity index (χ0v) is 20.3. The minimum absolute atomic E-state index is 0.0165. The van der Waals surface area contributed by atoms with Crippen molar-refractivity contribution in [2.45, 2.75) is 63.1 Å². The molecule has 4 unspecified atom stereocenters. The molecule has 0 radical (unpaired) electrons. The van der Waals surface area contributed by atoms with Gasteiger partial charge in [0, 0.05) is 30.6 Å². The van der Waals surface area contributed by atoms with E-state index in [9.17, 15) is 44.1 Å². The van der Waals surface area contributed by atoms with Gasteiger partial charge in [-0.2, -0.15) is 0 Å². The van der Waals surface area contributed by atoms with E-state index in [0.717, 1.165) is 25.7 Å². The highest BCUT2D eigenvalue weighted by molar-refractivity contribution is 6.31. The Balaban J connectivity index is 1.60. The topological polar surface area (TPSA) is 189 Å². The first-order valence-electron chi connectivity index (χ1n) is 12.6. The molecule has 3 saturated carbocycles. The van der Waals surface area contributed by atoms with Crippen LogP contribution in [0.15, 0.2) is 12.1 Å². The second-order valence-electron chi connectivity index (χ2n) is 11.0. The third kappa shape index (κ3) is 3.45. The Morgan fingerprint density at radius 2 is 1.73 bits per heavy atom.